The van der Waals surface area contributed by atoms with Gasteiger partial charge in [-0.25, -0.2) is 0 Å². The summed E-state index contributed by atoms with van der Waals surface area (Å²) in [5.74, 6) is -0.928. The number of nitrogens with two attached hydrogens (primary N) is 3. The summed E-state index contributed by atoms with van der Waals surface area (Å²) in [5, 5.41) is 0. The fraction of sp³-hybridized carbons (Fsp3) is 0.750. The molecule has 1 rings (SSSR count). The number of carbonyl (C=O) groups is 2. The van der Waals surface area contributed by atoms with Crippen molar-refractivity contribution in [2.24, 2.45) is 23.1 Å². The second-order valence-corrected chi connectivity index (χ2v) is 3.66. The van der Waals surface area contributed by atoms with Crippen molar-refractivity contribution in [3.8, 4) is 0 Å². The average molecular weight is 200 g/mol. The predicted molar refractivity (Wildman–Crippen MR) is 50.9 cm³/mol. The minimum Gasteiger partial charge on any atom is -0.369 e. The maximum Gasteiger partial charge on any atom is 0.235 e. The molecule has 0 bridgehead atoms. The highest BCUT2D eigenvalue weighted by Gasteiger charge is 2.28. The molecule has 80 valence electrons. The van der Waals surface area contributed by atoms with Gasteiger partial charge in [0.2, 0.25) is 11.8 Å². The first-order chi connectivity index (χ1) is 6.50. The summed E-state index contributed by atoms with van der Waals surface area (Å²) >= 11 is 0. The molecule has 0 aliphatic carbocycles. The fourth-order valence-electron chi connectivity index (χ4n) is 1.60. The largest absolute Gasteiger partial charge is 0.369 e. The van der Waals surface area contributed by atoms with Crippen LogP contribution in [0.3, 0.4) is 0 Å². The molecule has 2 unspecified atom stereocenters. The molecule has 1 aliphatic rings. The van der Waals surface area contributed by atoms with E-state index in [0.717, 1.165) is 13.0 Å². The highest BCUT2D eigenvalue weighted by molar-refractivity contribution is 5.80. The lowest BCUT2D eigenvalue weighted by molar-refractivity contribution is -0.121. The van der Waals surface area contributed by atoms with Crippen molar-refractivity contribution in [3.63, 3.8) is 0 Å². The number of nitrogens with zero attached hydrogens (tertiary/aromatic N) is 1. The van der Waals surface area contributed by atoms with Gasteiger partial charge < -0.3 is 22.1 Å². The first kappa shape index (κ1) is 10.9. The van der Waals surface area contributed by atoms with E-state index in [1.807, 2.05) is 4.90 Å². The number of primary amides is 2. The topological polar surface area (TPSA) is 115 Å². The highest BCUT2D eigenvalue weighted by atomic mass is 16.1. The van der Waals surface area contributed by atoms with Crippen LogP contribution in [0.2, 0.25) is 0 Å². The third-order valence-corrected chi connectivity index (χ3v) is 2.50. The van der Waals surface area contributed by atoms with E-state index in [4.69, 9.17) is 17.2 Å². The van der Waals surface area contributed by atoms with Crippen molar-refractivity contribution in [3.05, 3.63) is 0 Å². The van der Waals surface area contributed by atoms with E-state index in [-0.39, 0.29) is 11.8 Å². The molecule has 0 aromatic heterocycles. The van der Waals surface area contributed by atoms with Gasteiger partial charge in [-0.05, 0) is 13.0 Å². The van der Waals surface area contributed by atoms with Gasteiger partial charge in [0.25, 0.3) is 0 Å². The van der Waals surface area contributed by atoms with Gasteiger partial charge in [-0.3, -0.25) is 9.59 Å². The van der Waals surface area contributed by atoms with Gasteiger partial charge in [-0.1, -0.05) is 0 Å². The molecule has 0 aromatic carbocycles. The van der Waals surface area contributed by atoms with Crippen LogP contribution in [0.5, 0.6) is 0 Å². The molecule has 0 spiro atoms. The Morgan fingerprint density at radius 2 is 2.07 bits per heavy atom. The van der Waals surface area contributed by atoms with Crippen molar-refractivity contribution in [2.45, 2.75) is 12.5 Å². The Labute approximate surface area is 82.4 Å². The van der Waals surface area contributed by atoms with Crippen molar-refractivity contribution >= 4 is 11.8 Å². The summed E-state index contributed by atoms with van der Waals surface area (Å²) in [6, 6.07) is -0.665. The molecule has 6 heteroatoms. The van der Waals surface area contributed by atoms with E-state index in [1.165, 1.54) is 0 Å². The van der Waals surface area contributed by atoms with Crippen molar-refractivity contribution in [1.29, 1.82) is 0 Å². The van der Waals surface area contributed by atoms with Crippen LogP contribution in [-0.4, -0.2) is 42.4 Å². The van der Waals surface area contributed by atoms with Gasteiger partial charge in [0.15, 0.2) is 0 Å². The van der Waals surface area contributed by atoms with Gasteiger partial charge in [0.1, 0.15) is 0 Å². The monoisotopic (exact) mass is 200 g/mol. The van der Waals surface area contributed by atoms with Crippen LogP contribution in [0.4, 0.5) is 0 Å². The van der Waals surface area contributed by atoms with Crippen LogP contribution in [-0.2, 0) is 9.59 Å². The van der Waals surface area contributed by atoms with Crippen LogP contribution in [0.1, 0.15) is 6.42 Å². The molecular weight excluding hydrogens is 184 g/mol. The Hall–Kier alpha value is -1.14. The molecule has 6 nitrogen and oxygen atoms in total. The number of likely N-dealkylation sites (tertiary alicyclic amines) is 1. The minimum absolute atomic E-state index is 0.116. The number of carbonyl (C=O) groups excluding carboxylic acids is 2. The SMILES string of the molecule is NC(=O)C(N)CN1CCC(C(N)=O)C1. The third-order valence-electron chi connectivity index (χ3n) is 2.50. The van der Waals surface area contributed by atoms with E-state index in [9.17, 15) is 9.59 Å². The Bertz CT molecular complexity index is 243. The summed E-state index contributed by atoms with van der Waals surface area (Å²) in [4.78, 5) is 23.5. The molecule has 14 heavy (non-hydrogen) atoms. The zero-order chi connectivity index (χ0) is 10.7. The number of amides is 2. The van der Waals surface area contributed by atoms with E-state index in [2.05, 4.69) is 0 Å². The first-order valence-corrected chi connectivity index (χ1v) is 4.57. The van der Waals surface area contributed by atoms with Crippen molar-refractivity contribution < 1.29 is 9.59 Å². The predicted octanol–water partition coefficient (Wildman–Crippen LogP) is -2.39. The highest BCUT2D eigenvalue weighted by Crippen LogP contribution is 2.15. The Morgan fingerprint density at radius 3 is 2.50 bits per heavy atom. The smallest absolute Gasteiger partial charge is 0.235 e. The van der Waals surface area contributed by atoms with Crippen molar-refractivity contribution in [1.82, 2.24) is 4.90 Å². The number of hydrogen-bond acceptors (Lipinski definition) is 4. The summed E-state index contributed by atoms with van der Waals surface area (Å²) in [7, 11) is 0. The van der Waals surface area contributed by atoms with E-state index in [0.29, 0.717) is 13.1 Å². The van der Waals surface area contributed by atoms with Crippen LogP contribution >= 0.6 is 0 Å². The Balaban J connectivity index is 2.36. The molecule has 0 aromatic rings. The third kappa shape index (κ3) is 2.68. The Morgan fingerprint density at radius 1 is 1.43 bits per heavy atom. The minimum atomic E-state index is -0.665. The maximum absolute atomic E-state index is 10.8. The molecule has 6 N–H and O–H groups in total. The normalized spacial score (nSPS) is 24.8. The number of hydrogen-bond donors (Lipinski definition) is 3. The lowest BCUT2D eigenvalue weighted by atomic mass is 10.1. The Kier molecular flexibility index (Phi) is 3.43. The number of rotatable bonds is 4. The molecule has 1 fully saturated rings. The molecule has 2 atom stereocenters. The zero-order valence-electron chi connectivity index (χ0n) is 7.98. The van der Waals surface area contributed by atoms with E-state index >= 15 is 0 Å². The van der Waals surface area contributed by atoms with Crippen LogP contribution < -0.4 is 17.2 Å². The van der Waals surface area contributed by atoms with Crippen LogP contribution in [0.25, 0.3) is 0 Å². The molecule has 2 amide bonds. The lowest BCUT2D eigenvalue weighted by Gasteiger charge is -2.18. The molecule has 0 saturated carbocycles. The molecular formula is C8H16N4O2. The molecule has 0 radical (unpaired) electrons. The van der Waals surface area contributed by atoms with Gasteiger partial charge in [0, 0.05) is 13.1 Å². The second kappa shape index (κ2) is 4.39. The first-order valence-electron chi connectivity index (χ1n) is 4.57. The van der Waals surface area contributed by atoms with E-state index < -0.39 is 11.9 Å². The van der Waals surface area contributed by atoms with Gasteiger partial charge in [0.05, 0.1) is 12.0 Å². The van der Waals surface area contributed by atoms with Gasteiger partial charge >= 0.3 is 0 Å². The van der Waals surface area contributed by atoms with Crippen LogP contribution in [0.15, 0.2) is 0 Å². The molecule has 1 saturated heterocycles. The maximum atomic E-state index is 10.8. The molecule has 1 heterocycles. The second-order valence-electron chi connectivity index (χ2n) is 3.66. The zero-order valence-corrected chi connectivity index (χ0v) is 7.98. The van der Waals surface area contributed by atoms with Gasteiger partial charge in [-0.15, -0.1) is 0 Å². The summed E-state index contributed by atoms with van der Waals surface area (Å²) in [6.07, 6.45) is 0.737. The van der Waals surface area contributed by atoms with Gasteiger partial charge in [-0.2, -0.15) is 0 Å². The average Bonchev–Trinajstić information content (AvgIpc) is 2.52. The van der Waals surface area contributed by atoms with Crippen LogP contribution in [0, 0.1) is 5.92 Å². The summed E-state index contributed by atoms with van der Waals surface area (Å²) < 4.78 is 0. The summed E-state index contributed by atoms with van der Waals surface area (Å²) in [6.45, 7) is 1.73. The van der Waals surface area contributed by atoms with Crippen molar-refractivity contribution in [2.75, 3.05) is 19.6 Å². The molecule has 1 aliphatic heterocycles. The summed E-state index contributed by atoms with van der Waals surface area (Å²) in [5.41, 5.74) is 15.7. The standard InChI is InChI=1S/C8H16N4O2/c9-6(8(11)14)4-12-2-1-5(3-12)7(10)13/h5-6H,1-4,9H2,(H2,10,13)(H2,11,14). The lowest BCUT2D eigenvalue weighted by Crippen LogP contribution is -2.45. The fourth-order valence-corrected chi connectivity index (χ4v) is 1.60. The van der Waals surface area contributed by atoms with E-state index in [1.54, 1.807) is 0 Å². The quantitative estimate of drug-likeness (QED) is 0.469.